The molecule has 0 N–H and O–H groups in total. The molecule has 0 aromatic heterocycles. The Morgan fingerprint density at radius 2 is 2.23 bits per heavy atom. The first-order chi connectivity index (χ1) is 6.20. The van der Waals surface area contributed by atoms with Crippen molar-refractivity contribution in [1.29, 1.82) is 0 Å². The van der Waals surface area contributed by atoms with Gasteiger partial charge in [-0.05, 0) is 20.3 Å². The predicted molar refractivity (Wildman–Crippen MR) is 52.0 cm³/mol. The van der Waals surface area contributed by atoms with Crippen LogP contribution >= 0.6 is 11.6 Å². The smallest absolute Gasteiger partial charge is 0.308 e. The highest BCUT2D eigenvalue weighted by Gasteiger charge is 2.09. The van der Waals surface area contributed by atoms with Crippen LogP contribution in [-0.4, -0.2) is 31.2 Å². The van der Waals surface area contributed by atoms with E-state index >= 15 is 0 Å². The van der Waals surface area contributed by atoms with Gasteiger partial charge in [-0.1, -0.05) is 0 Å². The first-order valence-corrected chi connectivity index (χ1v) is 5.07. The summed E-state index contributed by atoms with van der Waals surface area (Å²) < 4.78 is 10.1. The summed E-state index contributed by atoms with van der Waals surface area (Å²) in [5.74, 6) is 0.382. The zero-order valence-electron chi connectivity index (χ0n) is 8.22. The van der Waals surface area contributed by atoms with Crippen molar-refractivity contribution >= 4 is 17.6 Å². The Morgan fingerprint density at radius 1 is 1.54 bits per heavy atom. The zero-order chi connectivity index (χ0) is 10.1. The summed E-state index contributed by atoms with van der Waals surface area (Å²) >= 11 is 5.47. The Hall–Kier alpha value is -0.280. The molecule has 0 aromatic rings. The molecular weight excluding hydrogens is 192 g/mol. The largest absolute Gasteiger partial charge is 0.466 e. The van der Waals surface area contributed by atoms with Crippen LogP contribution in [0.1, 0.15) is 26.7 Å². The molecule has 0 saturated heterocycles. The van der Waals surface area contributed by atoms with Crippen LogP contribution in [0.3, 0.4) is 0 Å². The summed E-state index contributed by atoms with van der Waals surface area (Å²) in [7, 11) is 0. The monoisotopic (exact) mass is 208 g/mol. The number of hydrogen-bond donors (Lipinski definition) is 0. The first kappa shape index (κ1) is 12.7. The highest BCUT2D eigenvalue weighted by atomic mass is 35.5. The number of ether oxygens (including phenoxy) is 2. The lowest BCUT2D eigenvalue weighted by atomic mass is 10.3. The molecule has 0 aliphatic carbocycles. The van der Waals surface area contributed by atoms with Gasteiger partial charge < -0.3 is 9.47 Å². The van der Waals surface area contributed by atoms with E-state index in [0.717, 1.165) is 6.42 Å². The third kappa shape index (κ3) is 8.06. The van der Waals surface area contributed by atoms with E-state index in [2.05, 4.69) is 0 Å². The van der Waals surface area contributed by atoms with Crippen LogP contribution in [-0.2, 0) is 14.3 Å². The van der Waals surface area contributed by atoms with Gasteiger partial charge in [0, 0.05) is 12.5 Å². The molecule has 1 unspecified atom stereocenters. The standard InChI is InChI=1S/C9H17ClO3/c1-3-12-9(11)7-8(2)13-6-4-5-10/h8H,3-7H2,1-2H3. The predicted octanol–water partition coefficient (Wildman–Crippen LogP) is 1.97. The molecule has 4 heteroatoms. The van der Waals surface area contributed by atoms with Crippen molar-refractivity contribution < 1.29 is 14.3 Å². The normalized spacial score (nSPS) is 12.5. The zero-order valence-corrected chi connectivity index (χ0v) is 8.97. The molecule has 3 nitrogen and oxygen atoms in total. The third-order valence-corrected chi connectivity index (χ3v) is 1.71. The quantitative estimate of drug-likeness (QED) is 0.365. The van der Waals surface area contributed by atoms with E-state index in [0.29, 0.717) is 25.5 Å². The number of hydrogen-bond acceptors (Lipinski definition) is 3. The van der Waals surface area contributed by atoms with Crippen molar-refractivity contribution in [3.63, 3.8) is 0 Å². The van der Waals surface area contributed by atoms with Gasteiger partial charge in [0.05, 0.1) is 19.1 Å². The number of halogens is 1. The van der Waals surface area contributed by atoms with E-state index in [9.17, 15) is 4.79 Å². The second-order valence-electron chi connectivity index (χ2n) is 2.73. The minimum atomic E-state index is -0.208. The lowest BCUT2D eigenvalue weighted by molar-refractivity contribution is -0.146. The summed E-state index contributed by atoms with van der Waals surface area (Å²) in [5.41, 5.74) is 0. The second-order valence-corrected chi connectivity index (χ2v) is 3.11. The van der Waals surface area contributed by atoms with Crippen molar-refractivity contribution in [2.45, 2.75) is 32.8 Å². The van der Waals surface area contributed by atoms with Crippen LogP contribution in [0.4, 0.5) is 0 Å². The lowest BCUT2D eigenvalue weighted by Crippen LogP contribution is -2.16. The van der Waals surface area contributed by atoms with Gasteiger partial charge in [-0.2, -0.15) is 0 Å². The Bertz CT molecular complexity index is 139. The van der Waals surface area contributed by atoms with Crippen molar-refractivity contribution in [3.8, 4) is 0 Å². The molecule has 0 amide bonds. The van der Waals surface area contributed by atoms with E-state index in [1.165, 1.54) is 0 Å². The van der Waals surface area contributed by atoms with E-state index in [1.54, 1.807) is 6.92 Å². The molecular formula is C9H17ClO3. The van der Waals surface area contributed by atoms with E-state index < -0.39 is 0 Å². The average molecular weight is 209 g/mol. The van der Waals surface area contributed by atoms with Gasteiger partial charge in [0.25, 0.3) is 0 Å². The third-order valence-electron chi connectivity index (χ3n) is 1.44. The maximum Gasteiger partial charge on any atom is 0.308 e. The lowest BCUT2D eigenvalue weighted by Gasteiger charge is -2.11. The molecule has 0 heterocycles. The van der Waals surface area contributed by atoms with Gasteiger partial charge in [-0.25, -0.2) is 0 Å². The minimum absolute atomic E-state index is 0.0812. The molecule has 0 fully saturated rings. The molecule has 0 bridgehead atoms. The van der Waals surface area contributed by atoms with Crippen LogP contribution < -0.4 is 0 Å². The average Bonchev–Trinajstić information content (AvgIpc) is 2.05. The molecule has 78 valence electrons. The van der Waals surface area contributed by atoms with Crippen LogP contribution in [0.5, 0.6) is 0 Å². The van der Waals surface area contributed by atoms with Gasteiger partial charge in [-0.15, -0.1) is 11.6 Å². The van der Waals surface area contributed by atoms with Gasteiger partial charge >= 0.3 is 5.97 Å². The van der Waals surface area contributed by atoms with Gasteiger partial charge in [-0.3, -0.25) is 4.79 Å². The summed E-state index contributed by atoms with van der Waals surface area (Å²) in [6, 6.07) is 0. The fourth-order valence-electron chi connectivity index (χ4n) is 0.853. The summed E-state index contributed by atoms with van der Waals surface area (Å²) in [4.78, 5) is 11.0. The molecule has 0 aliphatic rings. The van der Waals surface area contributed by atoms with Gasteiger partial charge in [0.1, 0.15) is 0 Å². The first-order valence-electron chi connectivity index (χ1n) is 4.53. The Kier molecular flexibility index (Phi) is 8.14. The molecule has 0 spiro atoms. The van der Waals surface area contributed by atoms with Gasteiger partial charge in [0.2, 0.25) is 0 Å². The van der Waals surface area contributed by atoms with Crippen LogP contribution in [0.2, 0.25) is 0 Å². The van der Waals surface area contributed by atoms with E-state index in [1.807, 2.05) is 6.92 Å². The summed E-state index contributed by atoms with van der Waals surface area (Å²) in [6.07, 6.45) is 1.05. The van der Waals surface area contributed by atoms with Gasteiger partial charge in [0.15, 0.2) is 0 Å². The number of esters is 1. The van der Waals surface area contributed by atoms with E-state index in [-0.39, 0.29) is 12.1 Å². The molecule has 0 aliphatic heterocycles. The van der Waals surface area contributed by atoms with E-state index in [4.69, 9.17) is 21.1 Å². The Morgan fingerprint density at radius 3 is 2.77 bits per heavy atom. The number of rotatable bonds is 7. The maximum atomic E-state index is 11.0. The summed E-state index contributed by atoms with van der Waals surface area (Å²) in [5, 5.41) is 0. The number of carbonyl (C=O) groups is 1. The van der Waals surface area contributed by atoms with Crippen molar-refractivity contribution in [2.75, 3.05) is 19.1 Å². The SMILES string of the molecule is CCOC(=O)CC(C)OCCCCl. The fraction of sp³-hybridized carbons (Fsp3) is 0.889. The van der Waals surface area contributed by atoms with Crippen LogP contribution in [0.25, 0.3) is 0 Å². The molecule has 0 radical (unpaired) electrons. The van der Waals surface area contributed by atoms with Crippen LogP contribution in [0.15, 0.2) is 0 Å². The molecule has 13 heavy (non-hydrogen) atoms. The van der Waals surface area contributed by atoms with Crippen molar-refractivity contribution in [1.82, 2.24) is 0 Å². The van der Waals surface area contributed by atoms with Crippen LogP contribution in [0, 0.1) is 0 Å². The highest BCUT2D eigenvalue weighted by molar-refractivity contribution is 6.17. The number of alkyl halides is 1. The second kappa shape index (κ2) is 8.32. The molecule has 0 aromatic carbocycles. The van der Waals surface area contributed by atoms with Crippen molar-refractivity contribution in [2.24, 2.45) is 0 Å². The molecule has 1 atom stereocenters. The topological polar surface area (TPSA) is 35.5 Å². The molecule has 0 rings (SSSR count). The molecule has 0 saturated carbocycles. The number of carbonyl (C=O) groups excluding carboxylic acids is 1. The van der Waals surface area contributed by atoms with Crippen molar-refractivity contribution in [3.05, 3.63) is 0 Å². The summed E-state index contributed by atoms with van der Waals surface area (Å²) in [6.45, 7) is 4.67. The highest BCUT2D eigenvalue weighted by Crippen LogP contribution is 2.00. The fourth-order valence-corrected chi connectivity index (χ4v) is 0.962. The Labute approximate surface area is 84.4 Å². The maximum absolute atomic E-state index is 11.0. The Balaban J connectivity index is 3.38. The minimum Gasteiger partial charge on any atom is -0.466 e.